The van der Waals surface area contributed by atoms with Crippen LogP contribution in [-0.4, -0.2) is 41.2 Å². The van der Waals surface area contributed by atoms with E-state index in [1.54, 1.807) is 0 Å². The van der Waals surface area contributed by atoms with Gasteiger partial charge in [0.1, 0.15) is 11.4 Å². The van der Waals surface area contributed by atoms with Gasteiger partial charge in [-0.15, -0.1) is 0 Å². The molecule has 1 aromatic rings. The first-order chi connectivity index (χ1) is 15.6. The molecule has 2 amide bonds. The number of hydrogen-bond donors (Lipinski definition) is 1. The number of ether oxygens (including phenoxy) is 1. The van der Waals surface area contributed by atoms with E-state index in [4.69, 9.17) is 4.74 Å². The van der Waals surface area contributed by atoms with Gasteiger partial charge < -0.3 is 15.0 Å². The van der Waals surface area contributed by atoms with Crippen LogP contribution < -0.4 is 5.32 Å². The van der Waals surface area contributed by atoms with Crippen molar-refractivity contribution in [2.75, 3.05) is 19.6 Å². The number of piperidine rings is 1. The molecule has 5 heteroatoms. The zero-order valence-electron chi connectivity index (χ0n) is 21.0. The summed E-state index contributed by atoms with van der Waals surface area (Å²) in [5.41, 5.74) is 6.28. The van der Waals surface area contributed by atoms with Crippen LogP contribution in [0.2, 0.25) is 0 Å². The van der Waals surface area contributed by atoms with E-state index in [0.717, 1.165) is 65.0 Å². The van der Waals surface area contributed by atoms with E-state index in [1.165, 1.54) is 0 Å². The molecule has 0 unspecified atom stereocenters. The molecule has 1 N–H and O–H groups in total. The van der Waals surface area contributed by atoms with E-state index in [0.29, 0.717) is 25.6 Å². The monoisotopic (exact) mass is 449 g/mol. The Morgan fingerprint density at radius 3 is 2.61 bits per heavy atom. The molecule has 5 nitrogen and oxygen atoms in total. The third kappa shape index (κ3) is 5.95. The number of likely N-dealkylation sites (tertiary alicyclic amines) is 1. The second-order valence-corrected chi connectivity index (χ2v) is 9.89. The predicted octanol–water partition coefficient (Wildman–Crippen LogP) is 6.19. The fourth-order valence-electron chi connectivity index (χ4n) is 4.52. The first-order valence-corrected chi connectivity index (χ1v) is 12.0. The molecule has 1 spiro atoms. The van der Waals surface area contributed by atoms with Crippen molar-refractivity contribution < 1.29 is 9.53 Å². The van der Waals surface area contributed by atoms with Crippen molar-refractivity contribution >= 4 is 11.6 Å². The van der Waals surface area contributed by atoms with Crippen LogP contribution in [0.25, 0.3) is 5.57 Å². The van der Waals surface area contributed by atoms with Gasteiger partial charge in [0, 0.05) is 38.7 Å². The smallest absolute Gasteiger partial charge is 0.317 e. The quantitative estimate of drug-likeness (QED) is 0.545. The van der Waals surface area contributed by atoms with E-state index in [2.05, 4.69) is 70.2 Å². The molecular weight excluding hydrogens is 410 g/mol. The number of urea groups is 1. The highest BCUT2D eigenvalue weighted by Crippen LogP contribution is 2.41. The molecule has 2 aliphatic heterocycles. The van der Waals surface area contributed by atoms with Crippen LogP contribution in [0.5, 0.6) is 0 Å². The Kier molecular flexibility index (Phi) is 7.83. The van der Waals surface area contributed by atoms with Gasteiger partial charge in [-0.1, -0.05) is 33.1 Å². The van der Waals surface area contributed by atoms with Crippen molar-refractivity contribution in [3.63, 3.8) is 0 Å². The van der Waals surface area contributed by atoms with Crippen LogP contribution in [0.3, 0.4) is 0 Å². The molecule has 2 saturated heterocycles. The number of hydrogen-bond acceptors (Lipinski definition) is 3. The number of carbonyl (C=O) groups is 1. The van der Waals surface area contributed by atoms with Crippen molar-refractivity contribution in [3.8, 4) is 0 Å². The van der Waals surface area contributed by atoms with Gasteiger partial charge in [-0.3, -0.25) is 4.98 Å². The van der Waals surface area contributed by atoms with Crippen molar-refractivity contribution in [1.29, 1.82) is 0 Å². The number of carbonyl (C=O) groups excluding carboxylic acids is 1. The van der Waals surface area contributed by atoms with Crippen LogP contribution in [0.1, 0.15) is 64.6 Å². The molecule has 2 fully saturated rings. The third-order valence-corrected chi connectivity index (χ3v) is 6.93. The van der Waals surface area contributed by atoms with E-state index in [9.17, 15) is 4.79 Å². The standard InChI is InChI=1S/C28H39N3O2/c1-19(2)18-30-27(32)31-15-12-28(13-16-31)11-10-25(24(7)33-28)17-21(4)22(5)23(6)26-20(3)9-8-14-29-26/h8-9,14,17,19H,4,7,10-13,15-16,18H2,1-3,5-6H3,(H,30,32)/b23-22+,25-17-. The van der Waals surface area contributed by atoms with E-state index >= 15 is 0 Å². The molecule has 178 valence electrons. The SMILES string of the molecule is C=C1OC2(CC/C1=C/C(=C)/C(C)=C(\C)c1ncccc1C)CCN(C(=O)NCC(C)C)CC2. The molecule has 1 aromatic heterocycles. The molecule has 0 aromatic carbocycles. The second-order valence-electron chi connectivity index (χ2n) is 9.89. The molecule has 0 aliphatic carbocycles. The molecular formula is C28H39N3O2. The average Bonchev–Trinajstić information content (AvgIpc) is 2.79. The molecule has 2 aliphatic rings. The van der Waals surface area contributed by atoms with Crippen molar-refractivity contribution in [3.05, 3.63) is 71.3 Å². The first-order valence-electron chi connectivity index (χ1n) is 12.0. The normalized spacial score (nSPS) is 20.0. The number of aryl methyl sites for hydroxylation is 1. The topological polar surface area (TPSA) is 54.5 Å². The van der Waals surface area contributed by atoms with Gasteiger partial charge in [0.25, 0.3) is 0 Å². The summed E-state index contributed by atoms with van der Waals surface area (Å²) in [4.78, 5) is 18.8. The number of rotatable bonds is 5. The van der Waals surface area contributed by atoms with Gasteiger partial charge in [0.2, 0.25) is 0 Å². The van der Waals surface area contributed by atoms with E-state index in [-0.39, 0.29) is 11.6 Å². The second kappa shape index (κ2) is 10.4. The fourth-order valence-corrected chi connectivity index (χ4v) is 4.52. The molecule has 3 heterocycles. The highest BCUT2D eigenvalue weighted by Gasteiger charge is 2.41. The van der Waals surface area contributed by atoms with E-state index < -0.39 is 0 Å². The summed E-state index contributed by atoms with van der Waals surface area (Å²) >= 11 is 0. The van der Waals surface area contributed by atoms with Gasteiger partial charge in [0.05, 0.1) is 5.69 Å². The molecule has 3 rings (SSSR count). The maximum absolute atomic E-state index is 12.4. The summed E-state index contributed by atoms with van der Waals surface area (Å²) in [5, 5.41) is 3.02. The molecule has 0 saturated carbocycles. The van der Waals surface area contributed by atoms with E-state index in [1.807, 2.05) is 17.2 Å². The minimum Gasteiger partial charge on any atom is -0.487 e. The molecule has 0 radical (unpaired) electrons. The Labute approximate surface area is 199 Å². The first kappa shape index (κ1) is 24.8. The summed E-state index contributed by atoms with van der Waals surface area (Å²) < 4.78 is 6.41. The van der Waals surface area contributed by atoms with Crippen LogP contribution in [0.4, 0.5) is 4.79 Å². The maximum atomic E-state index is 12.4. The highest BCUT2D eigenvalue weighted by atomic mass is 16.5. The Bertz CT molecular complexity index is 979. The summed E-state index contributed by atoms with van der Waals surface area (Å²) in [6.07, 6.45) is 7.47. The van der Waals surface area contributed by atoms with Gasteiger partial charge in [-0.05, 0) is 79.5 Å². The van der Waals surface area contributed by atoms with Crippen LogP contribution >= 0.6 is 0 Å². The average molecular weight is 450 g/mol. The zero-order valence-corrected chi connectivity index (χ0v) is 21.0. The lowest BCUT2D eigenvalue weighted by atomic mass is 9.82. The summed E-state index contributed by atoms with van der Waals surface area (Å²) in [5.74, 6) is 1.19. The molecule has 0 atom stereocenters. The van der Waals surface area contributed by atoms with Crippen LogP contribution in [0.15, 0.2) is 60.0 Å². The number of aromatic nitrogens is 1. The lowest BCUT2D eigenvalue weighted by Gasteiger charge is -2.45. The summed E-state index contributed by atoms with van der Waals surface area (Å²) in [6.45, 7) is 21.2. The third-order valence-electron chi connectivity index (χ3n) is 6.93. The molecule has 0 bridgehead atoms. The summed E-state index contributed by atoms with van der Waals surface area (Å²) in [7, 11) is 0. The zero-order chi connectivity index (χ0) is 24.2. The number of nitrogens with one attached hydrogen (secondary N) is 1. The van der Waals surface area contributed by atoms with Gasteiger partial charge in [-0.2, -0.15) is 0 Å². The minimum absolute atomic E-state index is 0.0332. The number of nitrogens with zero attached hydrogens (tertiary/aromatic N) is 2. The Morgan fingerprint density at radius 1 is 1.30 bits per heavy atom. The maximum Gasteiger partial charge on any atom is 0.317 e. The van der Waals surface area contributed by atoms with Crippen molar-refractivity contribution in [2.45, 2.75) is 65.9 Å². The lowest BCUT2D eigenvalue weighted by Crippen LogP contribution is -2.52. The van der Waals surface area contributed by atoms with Crippen molar-refractivity contribution in [2.24, 2.45) is 5.92 Å². The number of amides is 2. The van der Waals surface area contributed by atoms with Gasteiger partial charge in [-0.25, -0.2) is 4.79 Å². The largest absolute Gasteiger partial charge is 0.487 e. The van der Waals surface area contributed by atoms with Gasteiger partial charge in [0.15, 0.2) is 0 Å². The fraction of sp³-hybridized carbons (Fsp3) is 0.500. The Balaban J connectivity index is 1.62. The Morgan fingerprint density at radius 2 is 2.00 bits per heavy atom. The lowest BCUT2D eigenvalue weighted by molar-refractivity contribution is -0.0550. The van der Waals surface area contributed by atoms with Crippen LogP contribution in [-0.2, 0) is 4.74 Å². The number of pyridine rings is 1. The molecule has 33 heavy (non-hydrogen) atoms. The predicted molar refractivity (Wildman–Crippen MR) is 136 cm³/mol. The Hall–Kier alpha value is -2.82. The highest BCUT2D eigenvalue weighted by molar-refractivity contribution is 5.74. The van der Waals surface area contributed by atoms with Crippen molar-refractivity contribution in [1.82, 2.24) is 15.2 Å². The van der Waals surface area contributed by atoms with Gasteiger partial charge >= 0.3 is 6.03 Å². The summed E-state index contributed by atoms with van der Waals surface area (Å²) in [6, 6.07) is 4.07. The number of allylic oxidation sites excluding steroid dienone is 5. The minimum atomic E-state index is -0.212. The van der Waals surface area contributed by atoms with Crippen LogP contribution in [0, 0.1) is 12.8 Å².